The van der Waals surface area contributed by atoms with Gasteiger partial charge in [-0.25, -0.2) is 9.97 Å². The number of halogens is 2. The third-order valence-corrected chi connectivity index (χ3v) is 2.69. The molecule has 0 radical (unpaired) electrons. The second-order valence-corrected chi connectivity index (χ2v) is 3.79. The van der Waals surface area contributed by atoms with Gasteiger partial charge in [-0.1, -0.05) is 41.4 Å². The Morgan fingerprint density at radius 1 is 1.12 bits per heavy atom. The van der Waals surface area contributed by atoms with Crippen molar-refractivity contribution >= 4 is 23.2 Å². The van der Waals surface area contributed by atoms with E-state index in [0.29, 0.717) is 16.5 Å². The van der Waals surface area contributed by atoms with Gasteiger partial charge in [-0.2, -0.15) is 0 Å². The average Bonchev–Trinajstić information content (AvgIpc) is 2.29. The van der Waals surface area contributed by atoms with Crippen LogP contribution < -0.4 is 4.74 Å². The highest BCUT2D eigenvalue weighted by atomic mass is 35.5. The minimum Gasteiger partial charge on any atom is -0.491 e. The SMILES string of the molecule is COc1c(Cl)ncnc1-c1ccccc1Cl. The van der Waals surface area contributed by atoms with Crippen LogP contribution in [-0.2, 0) is 0 Å². The number of methoxy groups -OCH3 is 1. The Balaban J connectivity index is 2.65. The molecule has 82 valence electrons. The molecule has 0 bridgehead atoms. The van der Waals surface area contributed by atoms with Crippen molar-refractivity contribution in [2.75, 3.05) is 7.11 Å². The van der Waals surface area contributed by atoms with E-state index in [1.165, 1.54) is 13.4 Å². The number of hydrogen-bond donors (Lipinski definition) is 0. The summed E-state index contributed by atoms with van der Waals surface area (Å²) in [5.41, 5.74) is 1.36. The molecule has 2 aromatic rings. The molecule has 0 atom stereocenters. The fourth-order valence-corrected chi connectivity index (χ4v) is 1.81. The summed E-state index contributed by atoms with van der Waals surface area (Å²) >= 11 is 12.0. The van der Waals surface area contributed by atoms with Gasteiger partial charge in [-0.15, -0.1) is 0 Å². The highest BCUT2D eigenvalue weighted by molar-refractivity contribution is 6.34. The monoisotopic (exact) mass is 254 g/mol. The summed E-state index contributed by atoms with van der Waals surface area (Å²) in [6, 6.07) is 7.35. The molecule has 0 aliphatic carbocycles. The number of nitrogens with zero attached hydrogens (tertiary/aromatic N) is 2. The predicted molar refractivity (Wildman–Crippen MR) is 64.0 cm³/mol. The zero-order valence-corrected chi connectivity index (χ0v) is 9.96. The minimum atomic E-state index is 0.271. The van der Waals surface area contributed by atoms with E-state index in [0.717, 1.165) is 5.56 Å². The molecule has 5 heteroatoms. The summed E-state index contributed by atoms with van der Waals surface area (Å²) in [6.07, 6.45) is 1.38. The molecule has 0 unspecified atom stereocenters. The second-order valence-electron chi connectivity index (χ2n) is 3.03. The van der Waals surface area contributed by atoms with Crippen LogP contribution >= 0.6 is 23.2 Å². The molecule has 0 amide bonds. The fourth-order valence-electron chi connectivity index (χ4n) is 1.38. The van der Waals surface area contributed by atoms with Gasteiger partial charge >= 0.3 is 0 Å². The summed E-state index contributed by atoms with van der Waals surface area (Å²) in [4.78, 5) is 7.99. The third-order valence-electron chi connectivity index (χ3n) is 2.09. The maximum absolute atomic E-state index is 6.08. The summed E-state index contributed by atoms with van der Waals surface area (Å²) in [5, 5.41) is 0.864. The summed E-state index contributed by atoms with van der Waals surface area (Å²) < 4.78 is 5.17. The van der Waals surface area contributed by atoms with Crippen LogP contribution in [-0.4, -0.2) is 17.1 Å². The first-order valence-electron chi connectivity index (χ1n) is 4.53. The standard InChI is InChI=1S/C11H8Cl2N2O/c1-16-10-9(14-6-15-11(10)13)7-4-2-3-5-8(7)12/h2-6H,1H3. The molecule has 16 heavy (non-hydrogen) atoms. The third kappa shape index (κ3) is 1.96. The zero-order valence-electron chi connectivity index (χ0n) is 8.45. The van der Waals surface area contributed by atoms with Gasteiger partial charge in [0.2, 0.25) is 0 Å². The van der Waals surface area contributed by atoms with Crippen LogP contribution in [0.15, 0.2) is 30.6 Å². The van der Waals surface area contributed by atoms with E-state index in [9.17, 15) is 0 Å². The molecule has 0 aliphatic rings. The van der Waals surface area contributed by atoms with Crippen LogP contribution in [0, 0.1) is 0 Å². The van der Waals surface area contributed by atoms with Crippen molar-refractivity contribution in [3.63, 3.8) is 0 Å². The van der Waals surface area contributed by atoms with Gasteiger partial charge in [0.15, 0.2) is 10.9 Å². The van der Waals surface area contributed by atoms with Crippen LogP contribution in [0.2, 0.25) is 10.2 Å². The van der Waals surface area contributed by atoms with E-state index < -0.39 is 0 Å². The maximum atomic E-state index is 6.08. The Bertz CT molecular complexity index is 517. The molecule has 0 fully saturated rings. The highest BCUT2D eigenvalue weighted by Crippen LogP contribution is 2.35. The Kier molecular flexibility index (Phi) is 3.27. The van der Waals surface area contributed by atoms with Crippen molar-refractivity contribution in [3.8, 4) is 17.0 Å². The smallest absolute Gasteiger partial charge is 0.182 e. The number of benzene rings is 1. The van der Waals surface area contributed by atoms with Gasteiger partial charge in [0.05, 0.1) is 12.1 Å². The largest absolute Gasteiger partial charge is 0.491 e. The number of aromatic nitrogens is 2. The summed E-state index contributed by atoms with van der Waals surface area (Å²) in [6.45, 7) is 0. The van der Waals surface area contributed by atoms with E-state index in [-0.39, 0.29) is 5.15 Å². The Hall–Kier alpha value is -1.32. The van der Waals surface area contributed by atoms with Crippen molar-refractivity contribution in [2.45, 2.75) is 0 Å². The zero-order chi connectivity index (χ0) is 11.5. The molecule has 0 saturated heterocycles. The average molecular weight is 255 g/mol. The van der Waals surface area contributed by atoms with Crippen molar-refractivity contribution in [1.29, 1.82) is 0 Å². The molecule has 0 N–H and O–H groups in total. The van der Waals surface area contributed by atoms with Crippen molar-refractivity contribution < 1.29 is 4.74 Å². The summed E-state index contributed by atoms with van der Waals surface area (Å²) in [7, 11) is 1.52. The lowest BCUT2D eigenvalue weighted by Crippen LogP contribution is -1.94. The predicted octanol–water partition coefficient (Wildman–Crippen LogP) is 3.46. The minimum absolute atomic E-state index is 0.271. The maximum Gasteiger partial charge on any atom is 0.182 e. The molecule has 1 aromatic heterocycles. The van der Waals surface area contributed by atoms with Crippen LogP contribution in [0.4, 0.5) is 0 Å². The van der Waals surface area contributed by atoms with Crippen molar-refractivity contribution in [2.24, 2.45) is 0 Å². The number of ether oxygens (including phenoxy) is 1. The van der Waals surface area contributed by atoms with Crippen LogP contribution in [0.3, 0.4) is 0 Å². The van der Waals surface area contributed by atoms with Crippen LogP contribution in [0.25, 0.3) is 11.3 Å². The topological polar surface area (TPSA) is 35.0 Å². The normalized spacial score (nSPS) is 10.2. The molecule has 1 aromatic carbocycles. The molecular formula is C11H8Cl2N2O. The molecule has 0 spiro atoms. The Morgan fingerprint density at radius 3 is 2.56 bits per heavy atom. The Morgan fingerprint density at radius 2 is 1.88 bits per heavy atom. The lowest BCUT2D eigenvalue weighted by molar-refractivity contribution is 0.413. The molecule has 3 nitrogen and oxygen atoms in total. The summed E-state index contributed by atoms with van der Waals surface area (Å²) in [5.74, 6) is 0.428. The van der Waals surface area contributed by atoms with Gasteiger partial charge in [0, 0.05) is 5.56 Å². The molecule has 0 saturated carbocycles. The van der Waals surface area contributed by atoms with Gasteiger partial charge in [0.25, 0.3) is 0 Å². The van der Waals surface area contributed by atoms with Gasteiger partial charge in [0.1, 0.15) is 12.0 Å². The number of rotatable bonds is 2. The number of hydrogen-bond acceptors (Lipinski definition) is 3. The van der Waals surface area contributed by atoms with E-state index in [2.05, 4.69) is 9.97 Å². The van der Waals surface area contributed by atoms with Crippen LogP contribution in [0.5, 0.6) is 5.75 Å². The molecule has 2 rings (SSSR count). The second kappa shape index (κ2) is 4.68. The molecular weight excluding hydrogens is 247 g/mol. The van der Waals surface area contributed by atoms with Gasteiger partial charge in [-0.05, 0) is 6.07 Å². The van der Waals surface area contributed by atoms with Crippen LogP contribution in [0.1, 0.15) is 0 Å². The van der Waals surface area contributed by atoms with Crippen molar-refractivity contribution in [1.82, 2.24) is 9.97 Å². The first-order chi connectivity index (χ1) is 7.74. The lowest BCUT2D eigenvalue weighted by atomic mass is 10.1. The van der Waals surface area contributed by atoms with Gasteiger partial charge in [-0.3, -0.25) is 0 Å². The first kappa shape index (κ1) is 11.2. The molecule has 1 heterocycles. The lowest BCUT2D eigenvalue weighted by Gasteiger charge is -2.09. The van der Waals surface area contributed by atoms with Gasteiger partial charge < -0.3 is 4.74 Å². The highest BCUT2D eigenvalue weighted by Gasteiger charge is 2.14. The van der Waals surface area contributed by atoms with E-state index in [1.807, 2.05) is 18.2 Å². The van der Waals surface area contributed by atoms with E-state index in [4.69, 9.17) is 27.9 Å². The van der Waals surface area contributed by atoms with Crippen molar-refractivity contribution in [3.05, 3.63) is 40.8 Å². The molecule has 0 aliphatic heterocycles. The first-order valence-corrected chi connectivity index (χ1v) is 5.29. The fraction of sp³-hybridized carbons (Fsp3) is 0.0909. The van der Waals surface area contributed by atoms with E-state index >= 15 is 0 Å². The Labute approximate surface area is 103 Å². The quantitative estimate of drug-likeness (QED) is 0.771. The van der Waals surface area contributed by atoms with E-state index in [1.54, 1.807) is 6.07 Å².